The van der Waals surface area contributed by atoms with Crippen LogP contribution in [0.3, 0.4) is 0 Å². The quantitative estimate of drug-likeness (QED) is 0.168. The van der Waals surface area contributed by atoms with Crippen LogP contribution in [0.4, 0.5) is 0 Å². The Labute approximate surface area is 242 Å². The second-order valence-corrected chi connectivity index (χ2v) is 13.8. The van der Waals surface area contributed by atoms with Crippen molar-refractivity contribution < 1.29 is 56.5 Å². The lowest BCUT2D eigenvalue weighted by atomic mass is 10.1. The first-order valence-corrected chi connectivity index (χ1v) is 16.6. The number of H-pyrrole nitrogens is 1. The maximum Gasteiger partial charge on any atom is 0.330 e. The van der Waals surface area contributed by atoms with Gasteiger partial charge in [-0.1, -0.05) is 72.5 Å². The lowest BCUT2D eigenvalue weighted by Gasteiger charge is -2.35. The van der Waals surface area contributed by atoms with Crippen LogP contribution in [0, 0.1) is 11.8 Å². The lowest BCUT2D eigenvalue weighted by Crippen LogP contribution is -2.38. The zero-order valence-electron chi connectivity index (χ0n) is 21.7. The number of hydrogen-bond acceptors (Lipinski definition) is 14. The summed E-state index contributed by atoms with van der Waals surface area (Å²) in [5.74, 6) is 5.37. The Hall–Kier alpha value is -2.99. The third kappa shape index (κ3) is 8.56. The van der Waals surface area contributed by atoms with Crippen molar-refractivity contribution in [1.82, 2.24) is 9.55 Å². The highest BCUT2D eigenvalue weighted by Gasteiger charge is 2.45. The number of phosphoric ester groups is 1. The van der Waals surface area contributed by atoms with E-state index in [1.54, 1.807) is 12.1 Å². The number of nitrogens with zero attached hydrogens (tertiary/aromatic N) is 1. The number of hydrogen-bond donors (Lipinski definition) is 3. The Bertz CT molecular complexity index is 1770. The van der Waals surface area contributed by atoms with E-state index in [4.69, 9.17) is 4.74 Å². The Morgan fingerprint density at radius 1 is 0.907 bits per heavy atom. The second kappa shape index (κ2) is 13.3. The van der Waals surface area contributed by atoms with Gasteiger partial charge in [-0.2, -0.15) is 0 Å². The molecule has 43 heavy (non-hydrogen) atoms. The summed E-state index contributed by atoms with van der Waals surface area (Å²) in [5, 5.41) is 20.2. The van der Waals surface area contributed by atoms with E-state index >= 15 is 0 Å². The molecule has 0 saturated carbocycles. The lowest BCUT2D eigenvalue weighted by molar-refractivity contribution is -0.245. The van der Waals surface area contributed by atoms with Crippen LogP contribution in [-0.4, -0.2) is 44.7 Å². The van der Waals surface area contributed by atoms with E-state index in [-0.39, 0.29) is 12.0 Å². The molecule has 16 nitrogen and oxygen atoms in total. The van der Waals surface area contributed by atoms with Gasteiger partial charge in [0.05, 0.1) is 6.61 Å². The summed E-state index contributed by atoms with van der Waals surface area (Å²) in [5.41, 5.74) is -1.22. The van der Waals surface area contributed by atoms with Gasteiger partial charge in [-0.3, -0.25) is 27.8 Å². The molecule has 3 aromatic rings. The van der Waals surface area contributed by atoms with Crippen LogP contribution < -0.4 is 31.2 Å². The highest BCUT2D eigenvalue weighted by atomic mass is 31.3. The van der Waals surface area contributed by atoms with Gasteiger partial charge in [-0.05, 0) is 5.56 Å². The molecular weight excluding hydrogens is 633 g/mol. The highest BCUT2D eigenvalue weighted by Crippen LogP contribution is 2.62. The number of aliphatic hydroxyl groups excluding tert-OH is 2. The van der Waals surface area contributed by atoms with Gasteiger partial charge in [0, 0.05) is 17.9 Å². The normalized spacial score (nSPS) is 24.2. The molecule has 1 aromatic heterocycles. The maximum absolute atomic E-state index is 12.4. The Kier molecular flexibility index (Phi) is 10.2. The van der Waals surface area contributed by atoms with Gasteiger partial charge in [0.1, 0.15) is 23.9 Å². The zero-order chi connectivity index (χ0) is 31.4. The maximum atomic E-state index is 12.4. The van der Waals surface area contributed by atoms with Gasteiger partial charge in [-0.25, -0.2) is 9.11 Å². The first kappa shape index (κ1) is 32.9. The summed E-state index contributed by atoms with van der Waals surface area (Å²) in [6.07, 6.45) is -5.84. The number of benzene rings is 2. The van der Waals surface area contributed by atoms with E-state index in [0.717, 1.165) is 23.9 Å². The first-order valence-electron chi connectivity index (χ1n) is 12.1. The van der Waals surface area contributed by atoms with Crippen LogP contribution in [0.25, 0.3) is 0 Å². The fraction of sp³-hybridized carbons (Fsp3) is 0.250. The van der Waals surface area contributed by atoms with Crippen LogP contribution in [0.2, 0.25) is 0 Å². The second-order valence-electron chi connectivity index (χ2n) is 8.91. The van der Waals surface area contributed by atoms with E-state index in [1.165, 1.54) is 18.2 Å². The minimum atomic E-state index is -6.07. The molecule has 230 valence electrons. The number of aromatic amines is 1. The third-order valence-corrected chi connectivity index (χ3v) is 10.5. The smallest absolute Gasteiger partial charge is 0.330 e. The van der Waals surface area contributed by atoms with Crippen LogP contribution >= 0.6 is 23.2 Å². The predicted octanol–water partition coefficient (Wildman–Crippen LogP) is -1.38. The number of phosphoric acid groups is 2. The zero-order valence-corrected chi connectivity index (χ0v) is 24.3. The van der Waals surface area contributed by atoms with E-state index in [1.807, 2.05) is 23.2 Å². The highest BCUT2D eigenvalue weighted by molar-refractivity contribution is 7.70. The summed E-state index contributed by atoms with van der Waals surface area (Å²) in [7, 11) is -17.2. The van der Waals surface area contributed by atoms with Crippen molar-refractivity contribution in [3.63, 3.8) is 0 Å². The molecule has 3 N–H and O–H groups in total. The topological polar surface area (TPSA) is 253 Å². The Morgan fingerprint density at radius 3 is 2.19 bits per heavy atom. The summed E-state index contributed by atoms with van der Waals surface area (Å²) >= 11 is 0. The molecule has 0 aliphatic carbocycles. The number of nitrogens with one attached hydrogen (secondary N) is 1. The molecule has 1 saturated heterocycles. The van der Waals surface area contributed by atoms with E-state index < -0.39 is 70.9 Å². The molecular formula is C24H22N2O14P3-3. The molecule has 0 spiro atoms. The Morgan fingerprint density at radius 2 is 1.53 bits per heavy atom. The minimum Gasteiger partial charge on any atom is -0.775 e. The summed E-state index contributed by atoms with van der Waals surface area (Å²) < 4.78 is 54.5. The van der Waals surface area contributed by atoms with Crippen LogP contribution in [0.15, 0.2) is 76.4 Å². The molecule has 0 bridgehead atoms. The molecule has 1 aliphatic rings. The number of aliphatic hydroxyl groups is 2. The molecule has 4 rings (SSSR count). The molecule has 2 aromatic carbocycles. The SMILES string of the molecule is O=c1[nH]c(=O)n([C@@H]2O[C@H](COP(=O)([O-])OP(=O)([O-])OP(=O)([O-])c3ccccc3)C(O)[C@@H]2O)cc1C#CCc1ccccc1. The molecule has 4 unspecified atom stereocenters. The van der Waals surface area contributed by atoms with Crippen molar-refractivity contribution in [2.75, 3.05) is 6.61 Å². The van der Waals surface area contributed by atoms with Crippen LogP contribution in [0.5, 0.6) is 0 Å². The standard InChI is InChI=1S/C24H25N2O14P3/c27-20-19(15-37-42(33,34)40-43(35,36)39-41(31,32)18-12-5-2-6-13-18)38-23(21(20)28)26-14-17(22(29)25-24(26)30)11-7-10-16-8-3-1-4-9-16/h1-6,8-9,12-14,19-21,23,27-28H,10,15H2,(H,31,32)(H,33,34)(H,35,36)(H,25,29,30)/p-3/t19-,20?,21+,23-/m1/s1. The van der Waals surface area contributed by atoms with Gasteiger partial charge in [0.15, 0.2) is 13.8 Å². The monoisotopic (exact) mass is 655 g/mol. The predicted molar refractivity (Wildman–Crippen MR) is 141 cm³/mol. The average molecular weight is 655 g/mol. The average Bonchev–Trinajstić information content (AvgIpc) is 3.21. The van der Waals surface area contributed by atoms with Crippen molar-refractivity contribution in [2.45, 2.75) is 31.0 Å². The van der Waals surface area contributed by atoms with Crippen molar-refractivity contribution in [3.05, 3.63) is 98.8 Å². The van der Waals surface area contributed by atoms with Crippen molar-refractivity contribution in [3.8, 4) is 11.8 Å². The molecule has 19 heteroatoms. The van der Waals surface area contributed by atoms with E-state index in [9.17, 15) is 48.2 Å². The van der Waals surface area contributed by atoms with Gasteiger partial charge in [0.2, 0.25) is 0 Å². The van der Waals surface area contributed by atoms with Crippen LogP contribution in [-0.2, 0) is 38.0 Å². The van der Waals surface area contributed by atoms with Crippen molar-refractivity contribution in [2.24, 2.45) is 0 Å². The van der Waals surface area contributed by atoms with Crippen LogP contribution in [0.1, 0.15) is 17.4 Å². The fourth-order valence-corrected chi connectivity index (χ4v) is 7.67. The summed E-state index contributed by atoms with van der Waals surface area (Å²) in [4.78, 5) is 62.9. The molecule has 1 fully saturated rings. The molecule has 0 radical (unpaired) electrons. The minimum absolute atomic E-state index is 0.185. The number of rotatable bonds is 10. The largest absolute Gasteiger partial charge is 0.775 e. The molecule has 2 heterocycles. The van der Waals surface area contributed by atoms with Gasteiger partial charge in [-0.15, -0.1) is 0 Å². The third-order valence-electron chi connectivity index (χ3n) is 5.81. The van der Waals surface area contributed by atoms with E-state index in [0.29, 0.717) is 4.57 Å². The van der Waals surface area contributed by atoms with Crippen molar-refractivity contribution >= 4 is 28.5 Å². The number of aromatic nitrogens is 2. The molecule has 7 atom stereocenters. The summed E-state index contributed by atoms with van der Waals surface area (Å²) in [6.45, 7) is -1.15. The fourth-order valence-electron chi connectivity index (χ4n) is 3.81. The van der Waals surface area contributed by atoms with Gasteiger partial charge >= 0.3 is 5.69 Å². The van der Waals surface area contributed by atoms with Gasteiger partial charge < -0.3 is 38.7 Å². The molecule has 0 amide bonds. The summed E-state index contributed by atoms with van der Waals surface area (Å²) in [6, 6.07) is 15.0. The van der Waals surface area contributed by atoms with Gasteiger partial charge in [0.25, 0.3) is 21.2 Å². The first-order chi connectivity index (χ1) is 20.2. The Balaban J connectivity index is 1.42. The molecule has 1 aliphatic heterocycles. The van der Waals surface area contributed by atoms with E-state index in [2.05, 4.69) is 25.0 Å². The van der Waals surface area contributed by atoms with Crippen molar-refractivity contribution in [1.29, 1.82) is 0 Å². The number of ether oxygens (including phenoxy) is 1.